The van der Waals surface area contributed by atoms with Crippen molar-refractivity contribution in [3.63, 3.8) is 0 Å². The molecule has 0 aliphatic heterocycles. The summed E-state index contributed by atoms with van der Waals surface area (Å²) in [5.74, 6) is 6.22. The Balaban J connectivity index is 0. The largest absolute Gasteiger partial charge is 2.00 e. The minimum Gasteiger partial charge on any atom is -1.00 e. The summed E-state index contributed by atoms with van der Waals surface area (Å²) in [5, 5.41) is 0. The average Bonchev–Trinajstić information content (AvgIpc) is 2.29. The Bertz CT molecular complexity index is 414. The van der Waals surface area contributed by atoms with E-state index in [1.807, 2.05) is 60.7 Å². The van der Waals surface area contributed by atoms with Crippen molar-refractivity contribution >= 4 is 0 Å². The van der Waals surface area contributed by atoms with E-state index in [4.69, 9.17) is 0 Å². The molecule has 0 heterocycles. The minimum absolute atomic E-state index is 0. The van der Waals surface area contributed by atoms with Gasteiger partial charge in [0, 0.05) is 11.1 Å². The minimum atomic E-state index is 0. The normalized spacial score (nSPS) is 7.29. The van der Waals surface area contributed by atoms with Gasteiger partial charge >= 0.3 is 21.7 Å². The van der Waals surface area contributed by atoms with Crippen LogP contribution in [-0.4, -0.2) is 0 Å². The van der Waals surface area contributed by atoms with Crippen molar-refractivity contribution in [2.45, 2.75) is 0 Å². The van der Waals surface area contributed by atoms with Crippen LogP contribution < -0.4 is 24.8 Å². The number of benzene rings is 2. The predicted molar refractivity (Wildman–Crippen MR) is 58.9 cm³/mol. The second-order valence-corrected chi connectivity index (χ2v) is 2.98. The Morgan fingerprint density at radius 1 is 0.529 bits per heavy atom. The molecule has 0 radical (unpaired) electrons. The average molecular weight is 297 g/mol. The number of halogens is 2. The molecule has 3 heteroatoms. The second kappa shape index (κ2) is 10.4. The van der Waals surface area contributed by atoms with Crippen LogP contribution in [0.4, 0.5) is 0 Å². The van der Waals surface area contributed by atoms with Gasteiger partial charge in [0.1, 0.15) is 0 Å². The summed E-state index contributed by atoms with van der Waals surface area (Å²) in [7, 11) is 0. The zero-order valence-corrected chi connectivity index (χ0v) is 12.1. The van der Waals surface area contributed by atoms with Crippen LogP contribution in [0.2, 0.25) is 0 Å². The van der Waals surface area contributed by atoms with Gasteiger partial charge in [0.2, 0.25) is 0 Å². The quantitative estimate of drug-likeness (QED) is 0.361. The van der Waals surface area contributed by atoms with Gasteiger partial charge in [0.15, 0.2) is 0 Å². The Morgan fingerprint density at radius 3 is 1.12 bits per heavy atom. The predicted octanol–water partition coefficient (Wildman–Crippen LogP) is -2.91. The molecule has 0 unspecified atom stereocenters. The summed E-state index contributed by atoms with van der Waals surface area (Å²) in [4.78, 5) is 0. The summed E-state index contributed by atoms with van der Waals surface area (Å²) in [5.41, 5.74) is 2.10. The van der Waals surface area contributed by atoms with Crippen LogP contribution >= 0.6 is 0 Å². The number of hydrogen-bond donors (Lipinski definition) is 0. The van der Waals surface area contributed by atoms with Crippen LogP contribution in [-0.2, 0) is 21.7 Å². The van der Waals surface area contributed by atoms with Gasteiger partial charge in [-0.15, -0.1) is 0 Å². The zero-order valence-electron chi connectivity index (χ0n) is 9.03. The molecule has 2 aromatic carbocycles. The Labute approximate surface area is 130 Å². The molecule has 0 amide bonds. The van der Waals surface area contributed by atoms with Crippen LogP contribution in [0.3, 0.4) is 0 Å². The third-order valence-corrected chi connectivity index (χ3v) is 1.90. The Kier molecular flexibility index (Phi) is 11.5. The van der Waals surface area contributed by atoms with Crippen LogP contribution in [0.1, 0.15) is 11.1 Å². The second-order valence-electron chi connectivity index (χ2n) is 2.98. The first-order valence-corrected chi connectivity index (χ1v) is 4.57. The molecule has 2 aromatic rings. The van der Waals surface area contributed by atoms with E-state index in [2.05, 4.69) is 11.8 Å². The zero-order chi connectivity index (χ0) is 9.64. The van der Waals surface area contributed by atoms with Crippen LogP contribution in [0.5, 0.6) is 0 Å². The van der Waals surface area contributed by atoms with Gasteiger partial charge in [-0.1, -0.05) is 48.2 Å². The van der Waals surface area contributed by atoms with E-state index in [0.29, 0.717) is 0 Å². The topological polar surface area (TPSA) is 0 Å². The van der Waals surface area contributed by atoms with Crippen LogP contribution in [0.25, 0.3) is 0 Å². The first-order chi connectivity index (χ1) is 6.95. The summed E-state index contributed by atoms with van der Waals surface area (Å²) in [6, 6.07) is 20.0. The van der Waals surface area contributed by atoms with Crippen molar-refractivity contribution in [1.29, 1.82) is 0 Å². The maximum absolute atomic E-state index is 3.11. The van der Waals surface area contributed by atoms with Gasteiger partial charge < -0.3 is 24.8 Å². The van der Waals surface area contributed by atoms with Gasteiger partial charge in [-0.2, -0.15) is 0 Å². The van der Waals surface area contributed by atoms with Crippen molar-refractivity contribution < 1.29 is 46.5 Å². The Morgan fingerprint density at radius 2 is 0.824 bits per heavy atom. The molecule has 0 spiro atoms. The van der Waals surface area contributed by atoms with Crippen molar-refractivity contribution in [3.05, 3.63) is 71.8 Å². The van der Waals surface area contributed by atoms with E-state index in [1.165, 1.54) is 0 Å². The van der Waals surface area contributed by atoms with E-state index in [9.17, 15) is 0 Å². The smallest absolute Gasteiger partial charge is 1.00 e. The molecule has 2 rings (SSSR count). The van der Waals surface area contributed by atoms with Crippen molar-refractivity contribution in [3.8, 4) is 11.8 Å². The molecule has 84 valence electrons. The van der Waals surface area contributed by atoms with E-state index in [1.54, 1.807) is 0 Å². The first kappa shape index (κ1) is 18.7. The van der Waals surface area contributed by atoms with Crippen LogP contribution in [0, 0.1) is 11.8 Å². The molecule has 0 saturated carbocycles. The molecule has 0 saturated heterocycles. The summed E-state index contributed by atoms with van der Waals surface area (Å²) >= 11 is 0. The van der Waals surface area contributed by atoms with Gasteiger partial charge in [-0.25, -0.2) is 0 Å². The fourth-order valence-electron chi connectivity index (χ4n) is 1.19. The van der Waals surface area contributed by atoms with Gasteiger partial charge in [0.05, 0.1) is 0 Å². The molecule has 0 nitrogen and oxygen atoms in total. The van der Waals surface area contributed by atoms with Crippen molar-refractivity contribution in [2.75, 3.05) is 0 Å². The van der Waals surface area contributed by atoms with E-state index < -0.39 is 0 Å². The molecule has 0 aliphatic rings. The molecule has 0 bridgehead atoms. The van der Waals surface area contributed by atoms with Gasteiger partial charge in [0.25, 0.3) is 0 Å². The molecule has 0 fully saturated rings. The first-order valence-electron chi connectivity index (χ1n) is 4.57. The summed E-state index contributed by atoms with van der Waals surface area (Å²) in [6.45, 7) is 0. The molecule has 0 aromatic heterocycles. The maximum Gasteiger partial charge on any atom is 2.00 e. The van der Waals surface area contributed by atoms with Gasteiger partial charge in [-0.3, -0.25) is 0 Å². The van der Waals surface area contributed by atoms with E-state index >= 15 is 0 Å². The molecule has 0 aliphatic carbocycles. The SMILES string of the molecule is C(#Cc1ccccc1)c1ccccc1.[Cl-].[Cl-].[Ti+2]. The van der Waals surface area contributed by atoms with Gasteiger partial charge in [-0.05, 0) is 24.3 Å². The third-order valence-electron chi connectivity index (χ3n) is 1.90. The molecular weight excluding hydrogens is 287 g/mol. The third kappa shape index (κ3) is 6.56. The monoisotopic (exact) mass is 296 g/mol. The number of hydrogen-bond acceptors (Lipinski definition) is 0. The molecule has 0 N–H and O–H groups in total. The molecule has 17 heavy (non-hydrogen) atoms. The Hall–Kier alpha value is -0.706. The van der Waals surface area contributed by atoms with Crippen LogP contribution in [0.15, 0.2) is 60.7 Å². The van der Waals surface area contributed by atoms with Crippen molar-refractivity contribution in [1.82, 2.24) is 0 Å². The van der Waals surface area contributed by atoms with E-state index in [0.717, 1.165) is 11.1 Å². The van der Waals surface area contributed by atoms with Crippen molar-refractivity contribution in [2.24, 2.45) is 0 Å². The fraction of sp³-hybridized carbons (Fsp3) is 0. The summed E-state index contributed by atoms with van der Waals surface area (Å²) < 4.78 is 0. The summed E-state index contributed by atoms with van der Waals surface area (Å²) in [6.07, 6.45) is 0. The standard InChI is InChI=1S/C14H10.2ClH.Ti/c1-3-7-13(8-4-1)11-12-14-9-5-2-6-10-14;;;/h1-10H;2*1H;/q;;;+2/p-2. The number of rotatable bonds is 0. The molecular formula is C14H10Cl2Ti. The molecule has 0 atom stereocenters. The van der Waals surface area contributed by atoms with E-state index in [-0.39, 0.29) is 46.5 Å². The fourth-order valence-corrected chi connectivity index (χ4v) is 1.19. The maximum atomic E-state index is 3.11.